The van der Waals surface area contributed by atoms with Crippen LogP contribution in [0.1, 0.15) is 17.5 Å². The molecule has 76 valence electrons. The highest BCUT2D eigenvalue weighted by atomic mass is 16.3. The highest BCUT2D eigenvalue weighted by Gasteiger charge is 2.19. The highest BCUT2D eigenvalue weighted by molar-refractivity contribution is 5.21. The van der Waals surface area contributed by atoms with Crippen LogP contribution in [0.4, 0.5) is 0 Å². The van der Waals surface area contributed by atoms with Crippen molar-refractivity contribution in [1.29, 1.82) is 0 Å². The summed E-state index contributed by atoms with van der Waals surface area (Å²) in [7, 11) is 0. The molecular weight excluding hydrogens is 174 g/mol. The lowest BCUT2D eigenvalue weighted by molar-refractivity contribution is 0.175. The van der Waals surface area contributed by atoms with Crippen molar-refractivity contribution in [3.05, 3.63) is 35.4 Å². The third-order valence-corrected chi connectivity index (χ3v) is 2.77. The molecule has 1 aromatic rings. The lowest BCUT2D eigenvalue weighted by Gasteiger charge is -2.14. The Morgan fingerprint density at radius 3 is 2.64 bits per heavy atom. The summed E-state index contributed by atoms with van der Waals surface area (Å²) >= 11 is 0. The molecule has 1 aliphatic rings. The van der Waals surface area contributed by atoms with Crippen molar-refractivity contribution >= 4 is 0 Å². The van der Waals surface area contributed by atoms with Gasteiger partial charge in [0.25, 0.3) is 0 Å². The zero-order chi connectivity index (χ0) is 9.97. The maximum absolute atomic E-state index is 9.38. The van der Waals surface area contributed by atoms with Gasteiger partial charge in [-0.25, -0.2) is 0 Å². The Morgan fingerprint density at radius 1 is 1.36 bits per heavy atom. The highest BCUT2D eigenvalue weighted by Crippen LogP contribution is 2.13. The fraction of sp³-hybridized carbons (Fsp3) is 0.500. The maximum atomic E-state index is 9.38. The average molecular weight is 191 g/mol. The van der Waals surface area contributed by atoms with Gasteiger partial charge in [0.2, 0.25) is 0 Å². The lowest BCUT2D eigenvalue weighted by Crippen LogP contribution is -2.21. The summed E-state index contributed by atoms with van der Waals surface area (Å²) in [6, 6.07) is 8.61. The molecule has 14 heavy (non-hydrogen) atoms. The van der Waals surface area contributed by atoms with Crippen LogP contribution in [0.15, 0.2) is 24.3 Å². The first-order valence-electron chi connectivity index (χ1n) is 5.20. The fourth-order valence-corrected chi connectivity index (χ4v) is 1.91. The summed E-state index contributed by atoms with van der Waals surface area (Å²) in [4.78, 5) is 2.30. The minimum absolute atomic E-state index is 0.111. The number of aliphatic hydroxyl groups is 1. The molecule has 0 unspecified atom stereocenters. The van der Waals surface area contributed by atoms with Gasteiger partial charge >= 0.3 is 0 Å². The van der Waals surface area contributed by atoms with Crippen LogP contribution in [-0.2, 0) is 6.54 Å². The smallest absolute Gasteiger partial charge is 0.0679 e. The van der Waals surface area contributed by atoms with E-state index >= 15 is 0 Å². The summed E-state index contributed by atoms with van der Waals surface area (Å²) in [5.41, 5.74) is 2.64. The first kappa shape index (κ1) is 9.69. The van der Waals surface area contributed by atoms with Crippen LogP contribution in [0.5, 0.6) is 0 Å². The number of aliphatic hydroxyl groups excluding tert-OH is 1. The number of aryl methyl sites for hydroxylation is 1. The molecule has 0 aliphatic carbocycles. The Hall–Kier alpha value is -0.860. The maximum Gasteiger partial charge on any atom is 0.0679 e. The van der Waals surface area contributed by atoms with Gasteiger partial charge in [-0.15, -0.1) is 0 Å². The van der Waals surface area contributed by atoms with E-state index in [2.05, 4.69) is 36.1 Å². The Morgan fingerprint density at radius 2 is 2.07 bits per heavy atom. The van der Waals surface area contributed by atoms with Crippen LogP contribution in [0, 0.1) is 6.92 Å². The first-order chi connectivity index (χ1) is 6.74. The van der Waals surface area contributed by atoms with Crippen LogP contribution >= 0.6 is 0 Å². The van der Waals surface area contributed by atoms with Crippen molar-refractivity contribution in [3.8, 4) is 0 Å². The van der Waals surface area contributed by atoms with Gasteiger partial charge in [0, 0.05) is 19.6 Å². The quantitative estimate of drug-likeness (QED) is 0.767. The van der Waals surface area contributed by atoms with Crippen molar-refractivity contribution in [2.75, 3.05) is 13.1 Å². The third kappa shape index (κ3) is 2.34. The van der Waals surface area contributed by atoms with Crippen LogP contribution in [0.2, 0.25) is 0 Å². The molecule has 1 fully saturated rings. The van der Waals surface area contributed by atoms with Crippen LogP contribution in [0.25, 0.3) is 0 Å². The summed E-state index contributed by atoms with van der Waals surface area (Å²) in [5.74, 6) is 0. The minimum Gasteiger partial charge on any atom is -0.392 e. The number of hydrogen-bond donors (Lipinski definition) is 1. The van der Waals surface area contributed by atoms with Crippen LogP contribution < -0.4 is 0 Å². The number of likely N-dealkylation sites (tertiary alicyclic amines) is 1. The van der Waals surface area contributed by atoms with E-state index in [1.165, 1.54) is 11.1 Å². The van der Waals surface area contributed by atoms with Crippen molar-refractivity contribution in [1.82, 2.24) is 4.90 Å². The molecule has 1 N–H and O–H groups in total. The van der Waals surface area contributed by atoms with Crippen molar-refractivity contribution < 1.29 is 5.11 Å². The van der Waals surface area contributed by atoms with E-state index < -0.39 is 0 Å². The first-order valence-corrected chi connectivity index (χ1v) is 5.20. The molecule has 0 amide bonds. The van der Waals surface area contributed by atoms with Gasteiger partial charge in [0.05, 0.1) is 6.10 Å². The topological polar surface area (TPSA) is 23.5 Å². The van der Waals surface area contributed by atoms with Gasteiger partial charge < -0.3 is 5.11 Å². The molecule has 0 spiro atoms. The molecular formula is C12H17NO. The molecule has 0 aromatic heterocycles. The third-order valence-electron chi connectivity index (χ3n) is 2.77. The average Bonchev–Trinajstić information content (AvgIpc) is 2.56. The SMILES string of the molecule is Cc1ccc(CN2CC[C@@H](O)C2)cc1. The summed E-state index contributed by atoms with van der Waals surface area (Å²) in [5, 5.41) is 9.38. The van der Waals surface area contributed by atoms with Gasteiger partial charge in [-0.1, -0.05) is 29.8 Å². The Kier molecular flexibility index (Phi) is 2.85. The van der Waals surface area contributed by atoms with E-state index in [1.807, 2.05) is 0 Å². The van der Waals surface area contributed by atoms with Crippen molar-refractivity contribution in [3.63, 3.8) is 0 Å². The van der Waals surface area contributed by atoms with Crippen molar-refractivity contribution in [2.45, 2.75) is 26.0 Å². The van der Waals surface area contributed by atoms with Crippen molar-refractivity contribution in [2.24, 2.45) is 0 Å². The second kappa shape index (κ2) is 4.11. The summed E-state index contributed by atoms with van der Waals surface area (Å²) < 4.78 is 0. The zero-order valence-corrected chi connectivity index (χ0v) is 8.61. The summed E-state index contributed by atoms with van der Waals surface area (Å²) in [6.07, 6.45) is 0.812. The predicted molar refractivity (Wildman–Crippen MR) is 57.1 cm³/mol. The number of hydrogen-bond acceptors (Lipinski definition) is 2. The van der Waals surface area contributed by atoms with Gasteiger partial charge in [-0.05, 0) is 18.9 Å². The van der Waals surface area contributed by atoms with E-state index in [9.17, 15) is 5.11 Å². The van der Waals surface area contributed by atoms with E-state index in [4.69, 9.17) is 0 Å². The molecule has 0 bridgehead atoms. The fourth-order valence-electron chi connectivity index (χ4n) is 1.91. The van der Waals surface area contributed by atoms with Gasteiger partial charge in [0.15, 0.2) is 0 Å². The molecule has 0 radical (unpaired) electrons. The minimum atomic E-state index is -0.111. The second-order valence-corrected chi connectivity index (χ2v) is 4.16. The van der Waals surface area contributed by atoms with E-state index in [0.717, 1.165) is 26.1 Å². The zero-order valence-electron chi connectivity index (χ0n) is 8.61. The molecule has 1 aliphatic heterocycles. The number of benzene rings is 1. The molecule has 0 saturated carbocycles. The molecule has 2 heteroatoms. The Labute approximate surface area is 85.2 Å². The lowest BCUT2D eigenvalue weighted by atomic mass is 10.1. The second-order valence-electron chi connectivity index (χ2n) is 4.16. The molecule has 2 rings (SSSR count). The molecule has 1 heterocycles. The Balaban J connectivity index is 1.94. The molecule has 1 aromatic carbocycles. The monoisotopic (exact) mass is 191 g/mol. The largest absolute Gasteiger partial charge is 0.392 e. The van der Waals surface area contributed by atoms with Crippen LogP contribution in [-0.4, -0.2) is 29.2 Å². The normalized spacial score (nSPS) is 22.9. The van der Waals surface area contributed by atoms with Gasteiger partial charge in [-0.2, -0.15) is 0 Å². The molecule has 1 atom stereocenters. The van der Waals surface area contributed by atoms with Gasteiger partial charge in [0.1, 0.15) is 0 Å². The molecule has 1 saturated heterocycles. The van der Waals surface area contributed by atoms with Crippen LogP contribution in [0.3, 0.4) is 0 Å². The van der Waals surface area contributed by atoms with E-state index in [-0.39, 0.29) is 6.10 Å². The van der Waals surface area contributed by atoms with E-state index in [1.54, 1.807) is 0 Å². The molecule has 2 nitrogen and oxygen atoms in total. The summed E-state index contributed by atoms with van der Waals surface area (Å²) in [6.45, 7) is 4.92. The van der Waals surface area contributed by atoms with E-state index in [0.29, 0.717) is 0 Å². The van der Waals surface area contributed by atoms with Gasteiger partial charge in [-0.3, -0.25) is 4.90 Å². The Bertz CT molecular complexity index is 294. The standard InChI is InChI=1S/C12H17NO/c1-10-2-4-11(5-3-10)8-13-7-6-12(14)9-13/h2-5,12,14H,6-9H2,1H3/t12-/m1/s1. The number of nitrogens with zero attached hydrogens (tertiary/aromatic N) is 1. The number of rotatable bonds is 2. The predicted octanol–water partition coefficient (Wildman–Crippen LogP) is 1.56. The number of β-amino-alcohol motifs (C(OH)–C–C–N with tert-alkyl or cyclic N) is 1.